The number of carboxylic acids is 1. The van der Waals surface area contributed by atoms with Crippen molar-refractivity contribution in [3.8, 4) is 0 Å². The van der Waals surface area contributed by atoms with Gasteiger partial charge in [-0.25, -0.2) is 4.79 Å². The molecular weight excluding hydrogens is 760 g/mol. The van der Waals surface area contributed by atoms with Gasteiger partial charge in [0, 0.05) is 12.2 Å². The van der Waals surface area contributed by atoms with E-state index in [9.17, 15) is 9.90 Å². The van der Waals surface area contributed by atoms with E-state index in [2.05, 4.69) is 6.58 Å². The van der Waals surface area contributed by atoms with Gasteiger partial charge in [-0.05, 0) is 90.0 Å². The Morgan fingerprint density at radius 3 is 0.793 bits per heavy atom. The fraction of sp³-hybridized carbons (Fsp3) is 0.929. The predicted octanol–water partition coefficient (Wildman–Crippen LogP) is 4.48. The summed E-state index contributed by atoms with van der Waals surface area (Å²) in [4.78, 5) is 9.60. The molecule has 0 aliphatic heterocycles. The molecule has 12 atom stereocenters. The minimum absolute atomic E-state index is 0.00783. The van der Waals surface area contributed by atoms with Gasteiger partial charge in [0.25, 0.3) is 0 Å². The minimum Gasteiger partial charge on any atom is -0.478 e. The molecule has 12 unspecified atom stereocenters. The molecule has 16 nitrogen and oxygen atoms in total. The van der Waals surface area contributed by atoms with Crippen molar-refractivity contribution < 1.29 is 77.0 Å². The molecule has 0 radical (unpaired) electrons. The third-order valence-electron chi connectivity index (χ3n) is 7.86. The highest BCUT2D eigenvalue weighted by Gasteiger charge is 2.16. The molecule has 0 aromatic carbocycles. The first kappa shape index (κ1) is 58.7. The second-order valence-corrected chi connectivity index (χ2v) is 15.2. The van der Waals surface area contributed by atoms with Crippen molar-refractivity contribution in [2.24, 2.45) is 0 Å². The fourth-order valence-electron chi connectivity index (χ4n) is 4.11. The SMILES string of the molecule is C=C(C)C(=O)O.CCOCC(O)COC(C)COC(C)COC(C)COC(C)COC(C)COC(C)COC(C)COC(C)COC(C)COC(C)COC(C)CO. The lowest BCUT2D eigenvalue weighted by Crippen LogP contribution is -2.31. The quantitative estimate of drug-likeness (QED) is 0.0738. The molecule has 0 saturated heterocycles. The molecule has 16 heteroatoms. The largest absolute Gasteiger partial charge is 0.478 e. The summed E-state index contributed by atoms with van der Waals surface area (Å²) >= 11 is 0. The summed E-state index contributed by atoms with van der Waals surface area (Å²) in [6, 6.07) is 0. The van der Waals surface area contributed by atoms with Crippen LogP contribution in [-0.2, 0) is 61.6 Å². The van der Waals surface area contributed by atoms with Gasteiger partial charge in [-0.3, -0.25) is 0 Å². The monoisotopic (exact) mass is 845 g/mol. The maximum atomic E-state index is 9.81. The van der Waals surface area contributed by atoms with Gasteiger partial charge in [0.1, 0.15) is 6.10 Å². The lowest BCUT2D eigenvalue weighted by atomic mass is 10.3. The van der Waals surface area contributed by atoms with E-state index < -0.39 is 12.1 Å². The Kier molecular flexibility index (Phi) is 37.9. The molecule has 0 spiro atoms. The van der Waals surface area contributed by atoms with Crippen molar-refractivity contribution in [1.29, 1.82) is 0 Å². The van der Waals surface area contributed by atoms with Crippen LogP contribution in [0.25, 0.3) is 0 Å². The molecule has 0 saturated carbocycles. The zero-order valence-corrected chi connectivity index (χ0v) is 38.2. The molecule has 0 rings (SSSR count). The average Bonchev–Trinajstić information content (AvgIpc) is 3.19. The van der Waals surface area contributed by atoms with Crippen molar-refractivity contribution in [3.05, 3.63) is 12.2 Å². The maximum Gasteiger partial charge on any atom is 0.330 e. The zero-order chi connectivity index (χ0) is 44.5. The normalized spacial score (nSPS) is 18.1. The van der Waals surface area contributed by atoms with Gasteiger partial charge in [0.15, 0.2) is 0 Å². The van der Waals surface area contributed by atoms with Gasteiger partial charge in [0.05, 0.1) is 153 Å². The molecule has 3 N–H and O–H groups in total. The van der Waals surface area contributed by atoms with E-state index in [0.717, 1.165) is 0 Å². The van der Waals surface area contributed by atoms with Crippen molar-refractivity contribution in [2.45, 2.75) is 163 Å². The summed E-state index contributed by atoms with van der Waals surface area (Å²) in [6.07, 6.45) is -1.82. The standard InChI is InChI=1S/C38H78O14.C4H6O2/c1-13-41-25-38(40)26-52-37(12)24-51-36(11)23-50-35(10)22-49-34(9)21-48-33(8)20-47-32(7)19-46-31(6)18-45-30(5)17-44-29(4)16-43-28(3)15-42-27(2)14-39;1-3(2)4(5)6/h27-40H,13-26H2,1-12H3;1H2,2H3,(H,5,6). The topological polar surface area (TPSA) is 189 Å². The van der Waals surface area contributed by atoms with E-state index in [1.807, 2.05) is 83.1 Å². The number of hydrogen-bond acceptors (Lipinski definition) is 15. The van der Waals surface area contributed by atoms with Crippen molar-refractivity contribution in [3.63, 3.8) is 0 Å². The summed E-state index contributed by atoms with van der Waals surface area (Å²) < 4.78 is 69.2. The molecule has 0 heterocycles. The number of aliphatic hydroxyl groups is 2. The molecule has 0 aliphatic rings. The Labute approximate surface area is 350 Å². The van der Waals surface area contributed by atoms with E-state index in [1.54, 1.807) is 0 Å². The van der Waals surface area contributed by atoms with Crippen LogP contribution in [0.5, 0.6) is 0 Å². The number of carbonyl (C=O) groups is 1. The van der Waals surface area contributed by atoms with Crippen LogP contribution in [0.2, 0.25) is 0 Å². The molecule has 0 aliphatic carbocycles. The first-order chi connectivity index (χ1) is 27.3. The van der Waals surface area contributed by atoms with Gasteiger partial charge in [-0.15, -0.1) is 0 Å². The molecule has 348 valence electrons. The highest BCUT2D eigenvalue weighted by molar-refractivity contribution is 5.84. The first-order valence-corrected chi connectivity index (χ1v) is 20.8. The third kappa shape index (κ3) is 38.8. The Bertz CT molecular complexity index is 948. The Hall–Kier alpha value is -1.35. The number of aliphatic carboxylic acids is 1. The average molecular weight is 845 g/mol. The number of rotatable bonds is 38. The molecule has 0 bridgehead atoms. The second kappa shape index (κ2) is 37.4. The Morgan fingerprint density at radius 1 is 0.431 bits per heavy atom. The molecule has 0 aromatic rings. The lowest BCUT2D eigenvalue weighted by molar-refractivity contribution is -0.132. The summed E-state index contributed by atoms with van der Waals surface area (Å²) in [7, 11) is 0. The second-order valence-electron chi connectivity index (χ2n) is 15.2. The molecule has 0 fully saturated rings. The summed E-state index contributed by atoms with van der Waals surface area (Å²) in [6.45, 7) is 33.3. The number of carboxylic acid groups (broad SMARTS) is 1. The highest BCUT2D eigenvalue weighted by atomic mass is 16.6. The van der Waals surface area contributed by atoms with Crippen LogP contribution in [0.3, 0.4) is 0 Å². The van der Waals surface area contributed by atoms with Crippen LogP contribution in [0.1, 0.15) is 90.0 Å². The van der Waals surface area contributed by atoms with Crippen LogP contribution >= 0.6 is 0 Å². The van der Waals surface area contributed by atoms with E-state index in [0.29, 0.717) is 72.7 Å². The van der Waals surface area contributed by atoms with E-state index in [4.69, 9.17) is 67.1 Å². The summed E-state index contributed by atoms with van der Waals surface area (Å²) in [5.74, 6) is -0.935. The predicted molar refractivity (Wildman–Crippen MR) is 222 cm³/mol. The van der Waals surface area contributed by atoms with Crippen molar-refractivity contribution in [1.82, 2.24) is 0 Å². The molecule has 58 heavy (non-hydrogen) atoms. The highest BCUT2D eigenvalue weighted by Crippen LogP contribution is 2.07. The minimum atomic E-state index is -0.935. The smallest absolute Gasteiger partial charge is 0.330 e. The molecular formula is C42H84O16. The number of ether oxygens (including phenoxy) is 12. The van der Waals surface area contributed by atoms with E-state index >= 15 is 0 Å². The third-order valence-corrected chi connectivity index (χ3v) is 7.86. The zero-order valence-electron chi connectivity index (χ0n) is 38.2. The fourth-order valence-corrected chi connectivity index (χ4v) is 4.11. The van der Waals surface area contributed by atoms with Crippen molar-refractivity contribution >= 4 is 5.97 Å². The van der Waals surface area contributed by atoms with Gasteiger partial charge >= 0.3 is 5.97 Å². The van der Waals surface area contributed by atoms with Crippen LogP contribution in [0, 0.1) is 0 Å². The first-order valence-electron chi connectivity index (χ1n) is 20.8. The van der Waals surface area contributed by atoms with Crippen LogP contribution in [-0.4, -0.2) is 187 Å². The van der Waals surface area contributed by atoms with E-state index in [-0.39, 0.29) is 92.5 Å². The number of hydrogen-bond donors (Lipinski definition) is 3. The van der Waals surface area contributed by atoms with Gasteiger partial charge in [-0.2, -0.15) is 0 Å². The van der Waals surface area contributed by atoms with Gasteiger partial charge < -0.3 is 72.2 Å². The van der Waals surface area contributed by atoms with Crippen LogP contribution in [0.15, 0.2) is 12.2 Å². The molecule has 0 amide bonds. The lowest BCUT2D eigenvalue weighted by Gasteiger charge is -2.23. The number of aliphatic hydroxyl groups excluding tert-OH is 2. The van der Waals surface area contributed by atoms with Gasteiger partial charge in [-0.1, -0.05) is 6.58 Å². The van der Waals surface area contributed by atoms with Crippen molar-refractivity contribution in [2.75, 3.05) is 92.5 Å². The van der Waals surface area contributed by atoms with Crippen LogP contribution < -0.4 is 0 Å². The summed E-state index contributed by atoms with van der Waals surface area (Å²) in [5.41, 5.74) is 0.176. The summed E-state index contributed by atoms with van der Waals surface area (Å²) in [5, 5.41) is 26.7. The van der Waals surface area contributed by atoms with E-state index in [1.165, 1.54) is 6.92 Å². The van der Waals surface area contributed by atoms with Gasteiger partial charge in [0.2, 0.25) is 0 Å². The van der Waals surface area contributed by atoms with Crippen LogP contribution in [0.4, 0.5) is 0 Å². The Morgan fingerprint density at radius 2 is 0.621 bits per heavy atom. The Balaban J connectivity index is 0. The molecule has 0 aromatic heterocycles. The maximum absolute atomic E-state index is 9.81.